The number of carbonyl (C=O) groups excluding carboxylic acids is 2. The average molecular weight is 290 g/mol. The number of hydrogen-bond acceptors (Lipinski definition) is 6. The second kappa shape index (κ2) is 6.54. The first-order chi connectivity index (χ1) is 8.94. The van der Waals surface area contributed by atoms with Crippen LogP contribution in [0.15, 0.2) is 0 Å². The molecule has 20 heavy (non-hydrogen) atoms. The van der Waals surface area contributed by atoms with Crippen LogP contribution in [0.2, 0.25) is 0 Å². The van der Waals surface area contributed by atoms with Crippen LogP contribution in [0.1, 0.15) is 60.8 Å². The van der Waals surface area contributed by atoms with Crippen LogP contribution < -0.4 is 0 Å². The van der Waals surface area contributed by atoms with Crippen LogP contribution in [-0.2, 0) is 19.4 Å². The van der Waals surface area contributed by atoms with Gasteiger partial charge in [0.25, 0.3) is 0 Å². The molecular weight excluding hydrogens is 264 g/mol. The Morgan fingerprint density at radius 3 is 1.65 bits per heavy atom. The van der Waals surface area contributed by atoms with Gasteiger partial charge < -0.3 is 9.78 Å². The van der Waals surface area contributed by atoms with Crippen molar-refractivity contribution < 1.29 is 29.9 Å². The summed E-state index contributed by atoms with van der Waals surface area (Å²) in [4.78, 5) is 30.9. The standard InChI is InChI=1S/C14H26O6/c1-12(2,3)14(11(16)20-18,13(4,5)6)9-7-8-10(15)19-17/h17-18H,7-9H2,1-6H3. The van der Waals surface area contributed by atoms with Gasteiger partial charge in [-0.25, -0.2) is 9.59 Å². The Labute approximate surface area is 119 Å². The van der Waals surface area contributed by atoms with Gasteiger partial charge in [0.05, 0.1) is 5.41 Å². The lowest BCUT2D eigenvalue weighted by Gasteiger charge is -2.50. The van der Waals surface area contributed by atoms with E-state index in [4.69, 9.17) is 10.5 Å². The molecule has 0 saturated heterocycles. The lowest BCUT2D eigenvalue weighted by Crippen LogP contribution is -2.52. The zero-order chi connectivity index (χ0) is 16.2. The summed E-state index contributed by atoms with van der Waals surface area (Å²) in [5.74, 6) is -1.46. The molecule has 0 fully saturated rings. The van der Waals surface area contributed by atoms with Gasteiger partial charge in [0.1, 0.15) is 0 Å². The Kier molecular flexibility index (Phi) is 6.17. The van der Waals surface area contributed by atoms with Crippen molar-refractivity contribution in [2.45, 2.75) is 60.8 Å². The van der Waals surface area contributed by atoms with Crippen molar-refractivity contribution in [1.82, 2.24) is 0 Å². The molecule has 0 aliphatic carbocycles. The number of carbonyl (C=O) groups is 2. The zero-order valence-electron chi connectivity index (χ0n) is 13.1. The highest BCUT2D eigenvalue weighted by atomic mass is 17.1. The van der Waals surface area contributed by atoms with Crippen molar-refractivity contribution in [3.63, 3.8) is 0 Å². The third kappa shape index (κ3) is 3.70. The van der Waals surface area contributed by atoms with Gasteiger partial charge in [-0.3, -0.25) is 0 Å². The van der Waals surface area contributed by atoms with Crippen LogP contribution in [0.3, 0.4) is 0 Å². The van der Waals surface area contributed by atoms with E-state index in [9.17, 15) is 9.59 Å². The van der Waals surface area contributed by atoms with Crippen molar-refractivity contribution in [3.05, 3.63) is 0 Å². The van der Waals surface area contributed by atoms with E-state index >= 15 is 0 Å². The largest absolute Gasteiger partial charge is 0.349 e. The lowest BCUT2D eigenvalue weighted by molar-refractivity contribution is -0.260. The lowest BCUT2D eigenvalue weighted by atomic mass is 9.52. The van der Waals surface area contributed by atoms with Crippen LogP contribution in [0.4, 0.5) is 0 Å². The van der Waals surface area contributed by atoms with Crippen molar-refractivity contribution >= 4 is 11.9 Å². The minimum atomic E-state index is -0.982. The molecular formula is C14H26O6. The second-order valence-electron chi connectivity index (χ2n) is 7.10. The minimum absolute atomic E-state index is 0.0108. The van der Waals surface area contributed by atoms with E-state index in [1.54, 1.807) is 0 Å². The van der Waals surface area contributed by atoms with Crippen LogP contribution in [0.25, 0.3) is 0 Å². The molecule has 6 nitrogen and oxygen atoms in total. The molecule has 0 aromatic carbocycles. The van der Waals surface area contributed by atoms with Crippen molar-refractivity contribution in [2.24, 2.45) is 16.2 Å². The predicted octanol–water partition coefficient (Wildman–Crippen LogP) is 3.27. The predicted molar refractivity (Wildman–Crippen MR) is 72.6 cm³/mol. The summed E-state index contributed by atoms with van der Waals surface area (Å²) in [6, 6.07) is 0. The van der Waals surface area contributed by atoms with E-state index in [2.05, 4.69) is 9.78 Å². The molecule has 0 amide bonds. The highest BCUT2D eigenvalue weighted by Gasteiger charge is 2.57. The van der Waals surface area contributed by atoms with Gasteiger partial charge >= 0.3 is 11.9 Å². The summed E-state index contributed by atoms with van der Waals surface area (Å²) >= 11 is 0. The summed E-state index contributed by atoms with van der Waals surface area (Å²) in [7, 11) is 0. The molecule has 0 rings (SSSR count). The van der Waals surface area contributed by atoms with E-state index in [0.717, 1.165) is 0 Å². The van der Waals surface area contributed by atoms with E-state index in [1.165, 1.54) is 0 Å². The van der Waals surface area contributed by atoms with Crippen LogP contribution in [-0.4, -0.2) is 22.5 Å². The van der Waals surface area contributed by atoms with E-state index < -0.39 is 28.2 Å². The molecule has 118 valence electrons. The Hall–Kier alpha value is -1.14. The van der Waals surface area contributed by atoms with Gasteiger partial charge in [-0.1, -0.05) is 41.5 Å². The monoisotopic (exact) mass is 290 g/mol. The summed E-state index contributed by atoms with van der Waals surface area (Å²) in [5, 5.41) is 17.1. The molecule has 0 atom stereocenters. The van der Waals surface area contributed by atoms with Gasteiger partial charge in [0, 0.05) is 6.42 Å². The maximum Gasteiger partial charge on any atom is 0.349 e. The fraction of sp³-hybridized carbons (Fsp3) is 0.857. The van der Waals surface area contributed by atoms with Crippen LogP contribution in [0.5, 0.6) is 0 Å². The normalized spacial score (nSPS) is 13.0. The van der Waals surface area contributed by atoms with Crippen molar-refractivity contribution in [3.8, 4) is 0 Å². The molecule has 0 radical (unpaired) electrons. The Balaban J connectivity index is 5.44. The molecule has 0 aromatic heterocycles. The third-order valence-corrected chi connectivity index (χ3v) is 4.03. The van der Waals surface area contributed by atoms with E-state index in [1.807, 2.05) is 41.5 Å². The zero-order valence-corrected chi connectivity index (χ0v) is 13.1. The molecule has 0 heterocycles. The quantitative estimate of drug-likeness (QED) is 0.596. The minimum Gasteiger partial charge on any atom is -0.301 e. The van der Waals surface area contributed by atoms with Crippen molar-refractivity contribution in [2.75, 3.05) is 0 Å². The van der Waals surface area contributed by atoms with Gasteiger partial charge in [-0.05, 0) is 23.7 Å². The first kappa shape index (κ1) is 18.9. The number of rotatable bonds is 5. The maximum absolute atomic E-state index is 12.2. The molecule has 2 N–H and O–H groups in total. The first-order valence-electron chi connectivity index (χ1n) is 6.64. The van der Waals surface area contributed by atoms with Gasteiger partial charge in [-0.2, -0.15) is 10.5 Å². The molecule has 0 aliphatic rings. The third-order valence-electron chi connectivity index (χ3n) is 4.03. The van der Waals surface area contributed by atoms with Gasteiger partial charge in [0.15, 0.2) is 0 Å². The van der Waals surface area contributed by atoms with Crippen LogP contribution in [0, 0.1) is 16.2 Å². The summed E-state index contributed by atoms with van der Waals surface area (Å²) in [5.41, 5.74) is -1.97. The van der Waals surface area contributed by atoms with Crippen LogP contribution >= 0.6 is 0 Å². The highest BCUT2D eigenvalue weighted by Crippen LogP contribution is 2.55. The molecule has 0 spiro atoms. The van der Waals surface area contributed by atoms with E-state index in [-0.39, 0.29) is 6.42 Å². The molecule has 6 heteroatoms. The molecule has 0 bridgehead atoms. The van der Waals surface area contributed by atoms with E-state index in [0.29, 0.717) is 12.8 Å². The fourth-order valence-electron chi connectivity index (χ4n) is 3.21. The SMILES string of the molecule is CC(C)(C)C(CCCC(=O)OO)(C(=O)OO)C(C)(C)C. The molecule has 0 saturated carbocycles. The molecule has 0 unspecified atom stereocenters. The summed E-state index contributed by atoms with van der Waals surface area (Å²) < 4.78 is 0. The average Bonchev–Trinajstić information content (AvgIpc) is 2.30. The first-order valence-corrected chi connectivity index (χ1v) is 6.64. The van der Waals surface area contributed by atoms with Crippen molar-refractivity contribution in [1.29, 1.82) is 0 Å². The summed E-state index contributed by atoms with van der Waals surface area (Å²) in [6.07, 6.45) is 0.653. The van der Waals surface area contributed by atoms with Gasteiger partial charge in [-0.15, -0.1) is 0 Å². The molecule has 0 aromatic rings. The Morgan fingerprint density at radius 2 is 1.35 bits per heavy atom. The smallest absolute Gasteiger partial charge is 0.301 e. The maximum atomic E-state index is 12.2. The second-order valence-corrected chi connectivity index (χ2v) is 7.10. The fourth-order valence-corrected chi connectivity index (χ4v) is 3.21. The van der Waals surface area contributed by atoms with Gasteiger partial charge in [0.2, 0.25) is 0 Å². The summed E-state index contributed by atoms with van der Waals surface area (Å²) in [6.45, 7) is 11.3. The highest BCUT2D eigenvalue weighted by molar-refractivity contribution is 5.78. The molecule has 0 aliphatic heterocycles. The topological polar surface area (TPSA) is 93.1 Å². The Morgan fingerprint density at radius 1 is 0.900 bits per heavy atom. The number of hydrogen-bond donors (Lipinski definition) is 2. The Bertz CT molecular complexity index is 334.